The Morgan fingerprint density at radius 2 is 1.78 bits per heavy atom. The molecule has 0 saturated carbocycles. The van der Waals surface area contributed by atoms with E-state index in [4.69, 9.17) is 9.47 Å². The first kappa shape index (κ1) is 21.0. The number of nitrogens with zero attached hydrogens (tertiary/aromatic N) is 2. The number of hydrogen-bond donors (Lipinski definition) is 1. The molecule has 7 heteroatoms. The van der Waals surface area contributed by atoms with Crippen molar-refractivity contribution < 1.29 is 18.8 Å². The van der Waals surface area contributed by atoms with Gasteiger partial charge in [-0.1, -0.05) is 48.5 Å². The molecular formula is C25H28N3O3S+. The summed E-state index contributed by atoms with van der Waals surface area (Å²) in [5.41, 5.74) is 2.79. The molecule has 4 heterocycles. The molecule has 0 unspecified atom stereocenters. The first-order valence-corrected chi connectivity index (χ1v) is 12.1. The van der Waals surface area contributed by atoms with Crippen LogP contribution in [0.2, 0.25) is 0 Å². The van der Waals surface area contributed by atoms with Crippen molar-refractivity contribution in [3.63, 3.8) is 0 Å². The third kappa shape index (κ3) is 4.64. The normalized spacial score (nSPS) is 24.1. The largest absolute Gasteiger partial charge is 0.488 e. The SMILES string of the molecule is O=C(Nc1ncsc1-c1ccccc1)O[C@H]1C[N+]2(CCOc3ccccc3)CCC1CC2. The smallest absolute Gasteiger partial charge is 0.413 e. The zero-order valence-electron chi connectivity index (χ0n) is 18.0. The summed E-state index contributed by atoms with van der Waals surface area (Å²) in [6, 6.07) is 19.9. The van der Waals surface area contributed by atoms with Crippen molar-refractivity contribution in [3.8, 4) is 16.2 Å². The fourth-order valence-electron chi connectivity index (χ4n) is 4.94. The molecule has 3 aromatic rings. The van der Waals surface area contributed by atoms with Gasteiger partial charge in [0.25, 0.3) is 0 Å². The molecule has 3 saturated heterocycles. The van der Waals surface area contributed by atoms with Crippen molar-refractivity contribution in [1.29, 1.82) is 0 Å². The van der Waals surface area contributed by atoms with Gasteiger partial charge >= 0.3 is 6.09 Å². The van der Waals surface area contributed by atoms with Crippen LogP contribution < -0.4 is 10.1 Å². The lowest BCUT2D eigenvalue weighted by Crippen LogP contribution is -2.65. The number of piperidine rings is 3. The van der Waals surface area contributed by atoms with Gasteiger partial charge in [-0.25, -0.2) is 9.78 Å². The second-order valence-corrected chi connectivity index (χ2v) is 9.51. The van der Waals surface area contributed by atoms with Crippen LogP contribution in [0.25, 0.3) is 10.4 Å². The van der Waals surface area contributed by atoms with E-state index in [1.54, 1.807) is 5.51 Å². The zero-order chi connectivity index (χ0) is 21.8. The molecule has 1 aromatic heterocycles. The van der Waals surface area contributed by atoms with Gasteiger partial charge < -0.3 is 14.0 Å². The number of hydrogen-bond acceptors (Lipinski definition) is 5. The van der Waals surface area contributed by atoms with Gasteiger partial charge in [0.1, 0.15) is 25.4 Å². The van der Waals surface area contributed by atoms with E-state index in [-0.39, 0.29) is 6.10 Å². The van der Waals surface area contributed by atoms with E-state index in [0.29, 0.717) is 18.3 Å². The van der Waals surface area contributed by atoms with Gasteiger partial charge in [0, 0.05) is 18.8 Å². The number of rotatable bonds is 7. The lowest BCUT2D eigenvalue weighted by molar-refractivity contribution is -0.946. The van der Waals surface area contributed by atoms with Crippen molar-refractivity contribution >= 4 is 23.2 Å². The van der Waals surface area contributed by atoms with Gasteiger partial charge in [0.05, 0.1) is 23.5 Å². The third-order valence-electron chi connectivity index (χ3n) is 6.70. The van der Waals surface area contributed by atoms with Crippen molar-refractivity contribution in [2.45, 2.75) is 18.9 Å². The van der Waals surface area contributed by atoms with Crippen LogP contribution >= 0.6 is 11.3 Å². The van der Waals surface area contributed by atoms with E-state index in [2.05, 4.69) is 10.3 Å². The Kier molecular flexibility index (Phi) is 6.10. The molecule has 1 atom stereocenters. The van der Waals surface area contributed by atoms with Gasteiger partial charge in [-0.15, -0.1) is 11.3 Å². The molecule has 3 fully saturated rings. The summed E-state index contributed by atoms with van der Waals surface area (Å²) in [5.74, 6) is 1.91. The minimum Gasteiger partial charge on any atom is -0.488 e. The molecule has 6 nitrogen and oxygen atoms in total. The van der Waals surface area contributed by atoms with Crippen LogP contribution in [0, 0.1) is 5.92 Å². The highest BCUT2D eigenvalue weighted by Gasteiger charge is 2.47. The predicted octanol–water partition coefficient (Wildman–Crippen LogP) is 5.05. The number of quaternary nitrogens is 1. The Morgan fingerprint density at radius 1 is 1.06 bits per heavy atom. The Bertz CT molecular complexity index is 1030. The van der Waals surface area contributed by atoms with Crippen molar-refractivity contribution in [3.05, 3.63) is 66.2 Å². The standard InChI is InChI=1S/C25H27N3O3S/c29-25(27-24-23(32-18-26-24)20-7-3-1-4-8-20)31-22-17-28(13-11-19(22)12-14-28)15-16-30-21-9-5-2-6-10-21/h1-10,18-19,22H,11-17H2/p+1/t19?,22-,28?/m0/s1. The summed E-state index contributed by atoms with van der Waals surface area (Å²) in [4.78, 5) is 18.0. The van der Waals surface area contributed by atoms with Crippen molar-refractivity contribution in [2.24, 2.45) is 5.92 Å². The molecule has 3 aliphatic rings. The van der Waals surface area contributed by atoms with Crippen LogP contribution in [-0.4, -0.2) is 54.5 Å². The number of benzene rings is 2. The molecule has 1 N–H and O–H groups in total. The first-order chi connectivity index (χ1) is 15.7. The quantitative estimate of drug-likeness (QED) is 0.512. The minimum absolute atomic E-state index is 0.0620. The molecule has 32 heavy (non-hydrogen) atoms. The highest BCUT2D eigenvalue weighted by molar-refractivity contribution is 7.13. The summed E-state index contributed by atoms with van der Waals surface area (Å²) < 4.78 is 12.9. The monoisotopic (exact) mass is 450 g/mol. The number of nitrogens with one attached hydrogen (secondary N) is 1. The summed E-state index contributed by atoms with van der Waals surface area (Å²) >= 11 is 1.51. The van der Waals surface area contributed by atoms with Gasteiger partial charge in [0.15, 0.2) is 11.9 Å². The molecule has 6 rings (SSSR count). The number of aromatic nitrogens is 1. The minimum atomic E-state index is -0.412. The maximum absolute atomic E-state index is 12.7. The lowest BCUT2D eigenvalue weighted by atomic mass is 9.83. The molecule has 166 valence electrons. The molecular weight excluding hydrogens is 422 g/mol. The van der Waals surface area contributed by atoms with Gasteiger partial charge in [-0.05, 0) is 17.7 Å². The van der Waals surface area contributed by atoms with Crippen molar-refractivity contribution in [2.75, 3.05) is 38.1 Å². The Morgan fingerprint density at radius 3 is 2.53 bits per heavy atom. The third-order valence-corrected chi connectivity index (χ3v) is 7.58. The fourth-order valence-corrected chi connectivity index (χ4v) is 5.69. The zero-order valence-corrected chi connectivity index (χ0v) is 18.8. The topological polar surface area (TPSA) is 60.5 Å². The van der Waals surface area contributed by atoms with E-state index in [0.717, 1.165) is 59.7 Å². The van der Waals surface area contributed by atoms with E-state index < -0.39 is 6.09 Å². The van der Waals surface area contributed by atoms with E-state index in [9.17, 15) is 4.79 Å². The van der Waals surface area contributed by atoms with E-state index >= 15 is 0 Å². The molecule has 2 bridgehead atoms. The van der Waals surface area contributed by atoms with Gasteiger partial charge in [-0.2, -0.15) is 0 Å². The molecule has 2 aromatic carbocycles. The van der Waals surface area contributed by atoms with E-state index in [1.807, 2.05) is 60.7 Å². The Balaban J connectivity index is 1.18. The summed E-state index contributed by atoms with van der Waals surface area (Å²) in [6.45, 7) is 4.74. The second kappa shape index (κ2) is 9.30. The van der Waals surface area contributed by atoms with Crippen LogP contribution in [0.4, 0.5) is 10.6 Å². The predicted molar refractivity (Wildman–Crippen MR) is 126 cm³/mol. The molecule has 3 aliphatic heterocycles. The molecule has 0 spiro atoms. The number of carbonyl (C=O) groups excluding carboxylic acids is 1. The number of anilines is 1. The number of amides is 1. The number of para-hydroxylation sites is 1. The summed E-state index contributed by atoms with van der Waals surface area (Å²) in [7, 11) is 0. The van der Waals surface area contributed by atoms with Crippen LogP contribution in [0.1, 0.15) is 12.8 Å². The van der Waals surface area contributed by atoms with Crippen LogP contribution in [0.3, 0.4) is 0 Å². The second-order valence-electron chi connectivity index (χ2n) is 8.66. The van der Waals surface area contributed by atoms with Crippen molar-refractivity contribution in [1.82, 2.24) is 4.98 Å². The lowest BCUT2D eigenvalue weighted by Gasteiger charge is -2.51. The highest BCUT2D eigenvalue weighted by Crippen LogP contribution is 2.36. The molecule has 0 aliphatic carbocycles. The number of carbonyl (C=O) groups is 1. The van der Waals surface area contributed by atoms with E-state index in [1.165, 1.54) is 11.3 Å². The van der Waals surface area contributed by atoms with Gasteiger partial charge in [-0.3, -0.25) is 5.32 Å². The number of thiazole rings is 1. The first-order valence-electron chi connectivity index (χ1n) is 11.2. The summed E-state index contributed by atoms with van der Waals surface area (Å²) in [5, 5.41) is 2.88. The van der Waals surface area contributed by atoms with Gasteiger partial charge in [0.2, 0.25) is 0 Å². The maximum Gasteiger partial charge on any atom is 0.413 e. The fraction of sp³-hybridized carbons (Fsp3) is 0.360. The Labute approximate surface area is 192 Å². The summed E-state index contributed by atoms with van der Waals surface area (Å²) in [6.07, 6.45) is 1.71. The highest BCUT2D eigenvalue weighted by atomic mass is 32.1. The average molecular weight is 451 g/mol. The molecule has 1 amide bonds. The van der Waals surface area contributed by atoms with Crippen LogP contribution in [0.15, 0.2) is 66.2 Å². The maximum atomic E-state index is 12.7. The number of fused-ring (bicyclic) bond motifs is 3. The van der Waals surface area contributed by atoms with Crippen LogP contribution in [0.5, 0.6) is 5.75 Å². The molecule has 0 radical (unpaired) electrons. The number of ether oxygens (including phenoxy) is 2. The average Bonchev–Trinajstić information content (AvgIpc) is 3.29. The Hall–Kier alpha value is -2.90. The van der Waals surface area contributed by atoms with Crippen LogP contribution in [-0.2, 0) is 4.74 Å².